The number of aldehydes is 1. The third kappa shape index (κ3) is 3.05. The minimum absolute atomic E-state index is 0.153. The molecule has 106 valence electrons. The molecule has 1 aliphatic carbocycles. The van der Waals surface area contributed by atoms with Crippen LogP contribution in [0, 0.1) is 5.92 Å². The van der Waals surface area contributed by atoms with Gasteiger partial charge in [0.1, 0.15) is 6.29 Å². The van der Waals surface area contributed by atoms with E-state index in [1.165, 1.54) is 12.8 Å². The SMILES string of the molecule is CC[C@@H]1CCC[C@]1(CC=O)O[Si](C)(C)C(C)(C)C. The van der Waals surface area contributed by atoms with Crippen LogP contribution in [0.1, 0.15) is 59.8 Å². The van der Waals surface area contributed by atoms with Crippen molar-refractivity contribution in [3.63, 3.8) is 0 Å². The molecule has 2 atom stereocenters. The molecule has 0 spiro atoms. The molecular weight excluding hydrogens is 240 g/mol. The summed E-state index contributed by atoms with van der Waals surface area (Å²) >= 11 is 0. The van der Waals surface area contributed by atoms with Gasteiger partial charge in [-0.3, -0.25) is 0 Å². The molecule has 2 nitrogen and oxygen atoms in total. The smallest absolute Gasteiger partial charge is 0.192 e. The van der Waals surface area contributed by atoms with Crippen LogP contribution in [-0.2, 0) is 9.22 Å². The van der Waals surface area contributed by atoms with Crippen LogP contribution in [0.4, 0.5) is 0 Å². The molecule has 0 aromatic rings. The van der Waals surface area contributed by atoms with Gasteiger partial charge in [-0.2, -0.15) is 0 Å². The molecule has 0 N–H and O–H groups in total. The summed E-state index contributed by atoms with van der Waals surface area (Å²) in [4.78, 5) is 11.1. The molecule has 0 bridgehead atoms. The molecule has 1 aliphatic rings. The molecule has 1 fully saturated rings. The van der Waals surface area contributed by atoms with Crippen LogP contribution in [0.5, 0.6) is 0 Å². The summed E-state index contributed by atoms with van der Waals surface area (Å²) in [5.74, 6) is 0.567. The van der Waals surface area contributed by atoms with E-state index < -0.39 is 8.32 Å². The third-order valence-electron chi connectivity index (χ3n) is 5.08. The standard InChI is InChI=1S/C15H30O2Si/c1-7-13-9-8-10-15(13,11-12-16)17-18(5,6)14(2,3)4/h12-13H,7-11H2,1-6H3/t13-,15-/m1/s1. The van der Waals surface area contributed by atoms with Crippen LogP contribution in [-0.4, -0.2) is 20.2 Å². The predicted molar refractivity (Wildman–Crippen MR) is 79.3 cm³/mol. The molecule has 0 aromatic heterocycles. The first kappa shape index (κ1) is 15.9. The molecule has 0 radical (unpaired) electrons. The van der Waals surface area contributed by atoms with Crippen LogP contribution >= 0.6 is 0 Å². The number of rotatable bonds is 5. The van der Waals surface area contributed by atoms with Gasteiger partial charge in [0, 0.05) is 6.42 Å². The van der Waals surface area contributed by atoms with Gasteiger partial charge >= 0.3 is 0 Å². The zero-order chi connectivity index (χ0) is 14.0. The van der Waals surface area contributed by atoms with Gasteiger partial charge in [0.2, 0.25) is 0 Å². The maximum atomic E-state index is 11.1. The zero-order valence-corrected chi connectivity index (χ0v) is 14.0. The van der Waals surface area contributed by atoms with Crippen molar-refractivity contribution in [3.8, 4) is 0 Å². The van der Waals surface area contributed by atoms with Crippen molar-refractivity contribution < 1.29 is 9.22 Å². The molecule has 0 unspecified atom stereocenters. The minimum Gasteiger partial charge on any atom is -0.411 e. The van der Waals surface area contributed by atoms with Crippen molar-refractivity contribution in [2.45, 2.75) is 83.5 Å². The fourth-order valence-corrected chi connectivity index (χ4v) is 4.61. The Bertz CT molecular complexity index is 293. The molecule has 0 aliphatic heterocycles. The lowest BCUT2D eigenvalue weighted by Gasteiger charge is -2.46. The van der Waals surface area contributed by atoms with Crippen LogP contribution in [0.25, 0.3) is 0 Å². The van der Waals surface area contributed by atoms with Crippen molar-refractivity contribution in [3.05, 3.63) is 0 Å². The average molecular weight is 270 g/mol. The molecule has 0 amide bonds. The van der Waals surface area contributed by atoms with E-state index in [2.05, 4.69) is 40.8 Å². The van der Waals surface area contributed by atoms with Crippen LogP contribution in [0.2, 0.25) is 18.1 Å². The van der Waals surface area contributed by atoms with E-state index in [9.17, 15) is 4.79 Å². The maximum absolute atomic E-state index is 11.1. The van der Waals surface area contributed by atoms with Gasteiger partial charge in [0.25, 0.3) is 0 Å². The van der Waals surface area contributed by atoms with Crippen molar-refractivity contribution in [1.29, 1.82) is 0 Å². The molecule has 3 heteroatoms. The van der Waals surface area contributed by atoms with Gasteiger partial charge < -0.3 is 9.22 Å². The first-order chi connectivity index (χ1) is 8.18. The summed E-state index contributed by atoms with van der Waals surface area (Å²) in [6.45, 7) is 13.6. The second-order valence-electron chi connectivity index (χ2n) is 7.30. The Balaban J connectivity index is 2.96. The summed E-state index contributed by atoms with van der Waals surface area (Å²) in [6.07, 6.45) is 6.28. The van der Waals surface area contributed by atoms with E-state index in [4.69, 9.17) is 4.43 Å². The highest BCUT2D eigenvalue weighted by Gasteiger charge is 2.49. The molecule has 1 rings (SSSR count). The van der Waals surface area contributed by atoms with Gasteiger partial charge in [-0.05, 0) is 36.9 Å². The zero-order valence-electron chi connectivity index (χ0n) is 13.0. The maximum Gasteiger partial charge on any atom is 0.192 e. The Labute approximate surface area is 114 Å². The quantitative estimate of drug-likeness (QED) is 0.541. The minimum atomic E-state index is -1.80. The van der Waals surface area contributed by atoms with Crippen molar-refractivity contribution in [2.75, 3.05) is 0 Å². The molecule has 0 aromatic carbocycles. The van der Waals surface area contributed by atoms with E-state index in [-0.39, 0.29) is 10.6 Å². The second-order valence-corrected chi connectivity index (χ2v) is 12.0. The van der Waals surface area contributed by atoms with E-state index in [1.807, 2.05) is 0 Å². The monoisotopic (exact) mass is 270 g/mol. The van der Waals surface area contributed by atoms with Gasteiger partial charge in [-0.1, -0.05) is 40.5 Å². The Morgan fingerprint density at radius 1 is 1.39 bits per heavy atom. The number of hydrogen-bond donors (Lipinski definition) is 0. The first-order valence-electron chi connectivity index (χ1n) is 7.32. The number of carbonyl (C=O) groups is 1. The summed E-state index contributed by atoms with van der Waals surface area (Å²) < 4.78 is 6.70. The third-order valence-corrected chi connectivity index (χ3v) is 9.61. The topological polar surface area (TPSA) is 26.3 Å². The fourth-order valence-electron chi connectivity index (χ4n) is 2.94. The van der Waals surface area contributed by atoms with E-state index >= 15 is 0 Å². The van der Waals surface area contributed by atoms with Gasteiger partial charge in [-0.25, -0.2) is 0 Å². The van der Waals surface area contributed by atoms with Crippen LogP contribution in [0.3, 0.4) is 0 Å². The Morgan fingerprint density at radius 2 is 2.00 bits per heavy atom. The van der Waals surface area contributed by atoms with Crippen molar-refractivity contribution >= 4 is 14.6 Å². The van der Waals surface area contributed by atoms with Gasteiger partial charge in [0.15, 0.2) is 8.32 Å². The molecule has 1 saturated carbocycles. The number of hydrogen-bond acceptors (Lipinski definition) is 2. The summed E-state index contributed by atoms with van der Waals surface area (Å²) in [7, 11) is -1.80. The van der Waals surface area contributed by atoms with Gasteiger partial charge in [0.05, 0.1) is 5.60 Å². The Morgan fingerprint density at radius 3 is 2.44 bits per heavy atom. The van der Waals surface area contributed by atoms with Crippen LogP contribution in [0.15, 0.2) is 0 Å². The van der Waals surface area contributed by atoms with E-state index in [0.29, 0.717) is 12.3 Å². The first-order valence-corrected chi connectivity index (χ1v) is 10.2. The van der Waals surface area contributed by atoms with E-state index in [1.54, 1.807) is 0 Å². The molecule has 18 heavy (non-hydrogen) atoms. The summed E-state index contributed by atoms with van der Waals surface area (Å²) in [5, 5.41) is 0.212. The highest BCUT2D eigenvalue weighted by molar-refractivity contribution is 6.74. The lowest BCUT2D eigenvalue weighted by atomic mass is 9.86. The van der Waals surface area contributed by atoms with Crippen LogP contribution < -0.4 is 0 Å². The second kappa shape index (κ2) is 5.46. The fraction of sp³-hybridized carbons (Fsp3) is 0.933. The van der Waals surface area contributed by atoms with E-state index in [0.717, 1.165) is 19.1 Å². The van der Waals surface area contributed by atoms with Gasteiger partial charge in [-0.15, -0.1) is 0 Å². The summed E-state index contributed by atoms with van der Waals surface area (Å²) in [6, 6.07) is 0. The molecular formula is C15H30O2Si. The summed E-state index contributed by atoms with van der Waals surface area (Å²) in [5.41, 5.74) is -0.153. The Hall–Kier alpha value is -0.153. The Kier molecular flexibility index (Phi) is 4.82. The molecule has 0 saturated heterocycles. The average Bonchev–Trinajstić information content (AvgIpc) is 2.58. The highest BCUT2D eigenvalue weighted by atomic mass is 28.4. The highest BCUT2D eigenvalue weighted by Crippen LogP contribution is 2.48. The number of carbonyl (C=O) groups excluding carboxylic acids is 1. The lowest BCUT2D eigenvalue weighted by Crippen LogP contribution is -2.51. The largest absolute Gasteiger partial charge is 0.411 e. The van der Waals surface area contributed by atoms with Crippen molar-refractivity contribution in [2.24, 2.45) is 5.92 Å². The van der Waals surface area contributed by atoms with Crippen molar-refractivity contribution in [1.82, 2.24) is 0 Å². The molecule has 0 heterocycles. The normalized spacial score (nSPS) is 29.6. The lowest BCUT2D eigenvalue weighted by molar-refractivity contribution is -0.113. The predicted octanol–water partition coefficient (Wildman–Crippen LogP) is 4.55.